The molecule has 0 aliphatic heterocycles. The molecule has 0 aromatic heterocycles. The first kappa shape index (κ1) is 19.1. The van der Waals surface area contributed by atoms with Crippen LogP contribution in [0.5, 0.6) is 0 Å². The normalized spacial score (nSPS) is 15.9. The van der Waals surface area contributed by atoms with Gasteiger partial charge in [-0.3, -0.25) is 9.69 Å². The summed E-state index contributed by atoms with van der Waals surface area (Å²) in [4.78, 5) is 26.2. The van der Waals surface area contributed by atoms with Gasteiger partial charge in [-0.15, -0.1) is 0 Å². The molecule has 1 aliphatic carbocycles. The molecular weight excluding hydrogens is 340 g/mol. The Labute approximate surface area is 160 Å². The molecule has 0 saturated carbocycles. The molecule has 0 heterocycles. The largest absolute Gasteiger partial charge is 0.462 e. The minimum atomic E-state index is -0.355. The van der Waals surface area contributed by atoms with E-state index in [1.165, 1.54) is 11.1 Å². The van der Waals surface area contributed by atoms with Crippen LogP contribution in [0.3, 0.4) is 0 Å². The smallest absolute Gasteiger partial charge is 0.338 e. The molecule has 0 saturated heterocycles. The zero-order valence-corrected chi connectivity index (χ0v) is 15.9. The molecule has 2 aromatic rings. The van der Waals surface area contributed by atoms with Crippen LogP contribution in [0.2, 0.25) is 0 Å². The number of rotatable bonds is 6. The second-order valence-corrected chi connectivity index (χ2v) is 6.87. The molecule has 2 aromatic carbocycles. The summed E-state index contributed by atoms with van der Waals surface area (Å²) in [7, 11) is 2.00. The second kappa shape index (κ2) is 8.82. The van der Waals surface area contributed by atoms with E-state index < -0.39 is 0 Å². The van der Waals surface area contributed by atoms with Crippen molar-refractivity contribution in [3.8, 4) is 0 Å². The summed E-state index contributed by atoms with van der Waals surface area (Å²) < 4.78 is 4.96. The molecule has 1 amide bonds. The van der Waals surface area contributed by atoms with Crippen LogP contribution in [-0.4, -0.2) is 37.0 Å². The molecule has 0 unspecified atom stereocenters. The van der Waals surface area contributed by atoms with Gasteiger partial charge in [0.05, 0.1) is 18.7 Å². The van der Waals surface area contributed by atoms with Gasteiger partial charge in [0.15, 0.2) is 0 Å². The fourth-order valence-corrected chi connectivity index (χ4v) is 3.63. The first-order valence-corrected chi connectivity index (χ1v) is 9.43. The number of hydrogen-bond acceptors (Lipinski definition) is 4. The van der Waals surface area contributed by atoms with Crippen LogP contribution in [0.1, 0.15) is 47.3 Å². The molecule has 1 aliphatic rings. The van der Waals surface area contributed by atoms with Gasteiger partial charge in [0, 0.05) is 11.7 Å². The second-order valence-electron chi connectivity index (χ2n) is 6.87. The van der Waals surface area contributed by atoms with E-state index >= 15 is 0 Å². The zero-order valence-electron chi connectivity index (χ0n) is 15.9. The number of anilines is 1. The number of carbonyl (C=O) groups is 2. The van der Waals surface area contributed by atoms with Gasteiger partial charge in [-0.05, 0) is 68.6 Å². The first-order valence-electron chi connectivity index (χ1n) is 9.43. The Hall–Kier alpha value is -2.66. The molecule has 0 bridgehead atoms. The minimum Gasteiger partial charge on any atom is -0.462 e. The molecule has 5 heteroatoms. The number of benzene rings is 2. The van der Waals surface area contributed by atoms with Gasteiger partial charge < -0.3 is 10.1 Å². The SMILES string of the molecule is CCOC(=O)c1ccc(NC(=O)CN(C)[C@@H]2CCCc3ccccc32)cc1. The lowest BCUT2D eigenvalue weighted by Gasteiger charge is -2.32. The Balaban J connectivity index is 1.59. The molecule has 3 rings (SSSR count). The molecule has 1 atom stereocenters. The van der Waals surface area contributed by atoms with E-state index in [2.05, 4.69) is 34.5 Å². The summed E-state index contributed by atoms with van der Waals surface area (Å²) in [6.07, 6.45) is 3.32. The molecule has 142 valence electrons. The number of carbonyl (C=O) groups excluding carboxylic acids is 2. The predicted octanol–water partition coefficient (Wildman–Crippen LogP) is 3.81. The third-order valence-corrected chi connectivity index (χ3v) is 4.94. The maximum absolute atomic E-state index is 12.5. The fourth-order valence-electron chi connectivity index (χ4n) is 3.63. The number of hydrogen-bond donors (Lipinski definition) is 1. The van der Waals surface area contributed by atoms with E-state index in [9.17, 15) is 9.59 Å². The summed E-state index contributed by atoms with van der Waals surface area (Å²) in [5.74, 6) is -0.421. The number of amides is 1. The van der Waals surface area contributed by atoms with Crippen LogP contribution in [0, 0.1) is 0 Å². The molecule has 1 N–H and O–H groups in total. The summed E-state index contributed by atoms with van der Waals surface area (Å²) in [6, 6.07) is 15.5. The highest BCUT2D eigenvalue weighted by Gasteiger charge is 2.24. The van der Waals surface area contributed by atoms with Gasteiger partial charge in [-0.1, -0.05) is 24.3 Å². The number of nitrogens with zero attached hydrogens (tertiary/aromatic N) is 1. The average Bonchev–Trinajstić information content (AvgIpc) is 2.68. The van der Waals surface area contributed by atoms with Gasteiger partial charge in [0.2, 0.25) is 5.91 Å². The van der Waals surface area contributed by atoms with Crippen LogP contribution < -0.4 is 5.32 Å². The first-order chi connectivity index (χ1) is 13.1. The Morgan fingerprint density at radius 1 is 1.15 bits per heavy atom. The monoisotopic (exact) mass is 366 g/mol. The lowest BCUT2D eigenvalue weighted by Crippen LogP contribution is -2.34. The minimum absolute atomic E-state index is 0.0653. The van der Waals surface area contributed by atoms with Gasteiger partial charge in [-0.2, -0.15) is 0 Å². The van der Waals surface area contributed by atoms with Gasteiger partial charge in [-0.25, -0.2) is 4.79 Å². The highest BCUT2D eigenvalue weighted by molar-refractivity contribution is 5.94. The average molecular weight is 366 g/mol. The Bertz CT molecular complexity index is 801. The van der Waals surface area contributed by atoms with Crippen molar-refractivity contribution in [3.63, 3.8) is 0 Å². The van der Waals surface area contributed by atoms with Crippen molar-refractivity contribution in [2.24, 2.45) is 0 Å². The molecule has 0 fully saturated rings. The molecule has 0 radical (unpaired) electrons. The molecule has 0 spiro atoms. The van der Waals surface area contributed by atoms with Gasteiger partial charge in [0.1, 0.15) is 0 Å². The number of ether oxygens (including phenoxy) is 1. The van der Waals surface area contributed by atoms with Crippen LogP contribution >= 0.6 is 0 Å². The number of fused-ring (bicyclic) bond motifs is 1. The van der Waals surface area contributed by atoms with E-state index in [1.807, 2.05) is 7.05 Å². The third-order valence-electron chi connectivity index (χ3n) is 4.94. The van der Waals surface area contributed by atoms with Gasteiger partial charge >= 0.3 is 5.97 Å². The summed E-state index contributed by atoms with van der Waals surface area (Å²) in [5.41, 5.74) is 3.87. The number of nitrogens with one attached hydrogen (secondary N) is 1. The van der Waals surface area contributed by atoms with E-state index in [-0.39, 0.29) is 17.9 Å². The zero-order chi connectivity index (χ0) is 19.2. The van der Waals surface area contributed by atoms with Crippen molar-refractivity contribution < 1.29 is 14.3 Å². The van der Waals surface area contributed by atoms with E-state index in [0.29, 0.717) is 24.4 Å². The van der Waals surface area contributed by atoms with Crippen molar-refractivity contribution in [3.05, 3.63) is 65.2 Å². The Kier molecular flexibility index (Phi) is 6.24. The van der Waals surface area contributed by atoms with Crippen molar-refractivity contribution in [2.75, 3.05) is 25.5 Å². The van der Waals surface area contributed by atoms with Crippen molar-refractivity contribution in [2.45, 2.75) is 32.2 Å². The van der Waals surface area contributed by atoms with Crippen LogP contribution in [0.4, 0.5) is 5.69 Å². The standard InChI is InChI=1S/C22H26N2O3/c1-3-27-22(26)17-11-13-18(14-12-17)23-21(25)15-24(2)20-10-6-8-16-7-4-5-9-19(16)20/h4-5,7,9,11-14,20H,3,6,8,10,15H2,1-2H3,(H,23,25)/t20-/m1/s1. The highest BCUT2D eigenvalue weighted by Crippen LogP contribution is 2.33. The van der Waals surface area contributed by atoms with Crippen LogP contribution in [0.15, 0.2) is 48.5 Å². The predicted molar refractivity (Wildman–Crippen MR) is 106 cm³/mol. The molecule has 27 heavy (non-hydrogen) atoms. The number of esters is 1. The van der Waals surface area contributed by atoms with Crippen molar-refractivity contribution in [1.29, 1.82) is 0 Å². The highest BCUT2D eigenvalue weighted by atomic mass is 16.5. The van der Waals surface area contributed by atoms with E-state index in [1.54, 1.807) is 31.2 Å². The topological polar surface area (TPSA) is 58.6 Å². The maximum atomic E-state index is 12.5. The summed E-state index contributed by atoms with van der Waals surface area (Å²) >= 11 is 0. The Morgan fingerprint density at radius 2 is 1.89 bits per heavy atom. The fraction of sp³-hybridized carbons (Fsp3) is 0.364. The Morgan fingerprint density at radius 3 is 2.63 bits per heavy atom. The lowest BCUT2D eigenvalue weighted by molar-refractivity contribution is -0.117. The quantitative estimate of drug-likeness (QED) is 0.790. The van der Waals surface area contributed by atoms with Crippen molar-refractivity contribution in [1.82, 2.24) is 4.90 Å². The maximum Gasteiger partial charge on any atom is 0.338 e. The third kappa shape index (κ3) is 4.74. The van der Waals surface area contributed by atoms with Crippen LogP contribution in [0.25, 0.3) is 0 Å². The summed E-state index contributed by atoms with van der Waals surface area (Å²) in [5, 5.41) is 2.90. The van der Waals surface area contributed by atoms with Crippen molar-refractivity contribution >= 4 is 17.6 Å². The number of likely N-dealkylation sites (N-methyl/N-ethyl adjacent to an activating group) is 1. The van der Waals surface area contributed by atoms with E-state index in [0.717, 1.165) is 19.3 Å². The van der Waals surface area contributed by atoms with Crippen LogP contribution in [-0.2, 0) is 16.0 Å². The number of aryl methyl sites for hydroxylation is 1. The van der Waals surface area contributed by atoms with E-state index in [4.69, 9.17) is 4.74 Å². The van der Waals surface area contributed by atoms with Gasteiger partial charge in [0.25, 0.3) is 0 Å². The lowest BCUT2D eigenvalue weighted by atomic mass is 9.87. The summed E-state index contributed by atoms with van der Waals surface area (Å²) in [6.45, 7) is 2.43. The molecular formula is C22H26N2O3. The molecule has 5 nitrogen and oxygen atoms in total.